The van der Waals surface area contributed by atoms with Crippen molar-refractivity contribution in [2.24, 2.45) is 0 Å². The summed E-state index contributed by atoms with van der Waals surface area (Å²) in [5.74, 6) is 0.0810. The average Bonchev–Trinajstić information content (AvgIpc) is 2.59. The molecule has 4 heteroatoms. The van der Waals surface area contributed by atoms with Gasteiger partial charge in [0.2, 0.25) is 0 Å². The number of hydrogen-bond acceptors (Lipinski definition) is 3. The molecule has 22 heavy (non-hydrogen) atoms. The maximum atomic E-state index is 12.6. The largest absolute Gasteiger partial charge is 0.334 e. The molecule has 0 atom stereocenters. The summed E-state index contributed by atoms with van der Waals surface area (Å²) in [5.41, 5.74) is 3.70. The highest BCUT2D eigenvalue weighted by atomic mass is 16.2. The number of benzene rings is 1. The fourth-order valence-electron chi connectivity index (χ4n) is 2.90. The maximum absolute atomic E-state index is 12.6. The van der Waals surface area contributed by atoms with Crippen LogP contribution >= 0.6 is 0 Å². The van der Waals surface area contributed by atoms with E-state index in [4.69, 9.17) is 0 Å². The van der Waals surface area contributed by atoms with Gasteiger partial charge in [0.25, 0.3) is 5.91 Å². The summed E-state index contributed by atoms with van der Waals surface area (Å²) in [6.07, 6.45) is 2.54. The number of aromatic nitrogens is 2. The minimum atomic E-state index is 0.0810. The van der Waals surface area contributed by atoms with Crippen LogP contribution in [0.3, 0.4) is 0 Å². The van der Waals surface area contributed by atoms with E-state index < -0.39 is 0 Å². The molecule has 1 aromatic carbocycles. The number of amides is 1. The van der Waals surface area contributed by atoms with Gasteiger partial charge in [-0.05, 0) is 35.9 Å². The van der Waals surface area contributed by atoms with E-state index in [9.17, 15) is 4.79 Å². The summed E-state index contributed by atoms with van der Waals surface area (Å²) in [4.78, 5) is 23.4. The van der Waals surface area contributed by atoms with Crippen LogP contribution in [-0.4, -0.2) is 27.3 Å². The van der Waals surface area contributed by atoms with Crippen LogP contribution in [0.25, 0.3) is 11.0 Å². The topological polar surface area (TPSA) is 46.1 Å². The number of pyridine rings is 2. The summed E-state index contributed by atoms with van der Waals surface area (Å²) in [6, 6.07) is 15.5. The van der Waals surface area contributed by atoms with Crippen LogP contribution < -0.4 is 0 Å². The zero-order chi connectivity index (χ0) is 14.9. The summed E-state index contributed by atoms with van der Waals surface area (Å²) in [7, 11) is 0. The second-order valence-electron chi connectivity index (χ2n) is 5.49. The quantitative estimate of drug-likeness (QED) is 0.692. The summed E-state index contributed by atoms with van der Waals surface area (Å²) in [6.45, 7) is 1.31. The van der Waals surface area contributed by atoms with E-state index in [-0.39, 0.29) is 5.91 Å². The van der Waals surface area contributed by atoms with Gasteiger partial charge >= 0.3 is 0 Å². The van der Waals surface area contributed by atoms with Crippen LogP contribution in [0.15, 0.2) is 54.7 Å². The highest BCUT2D eigenvalue weighted by molar-refractivity contribution is 5.94. The van der Waals surface area contributed by atoms with E-state index >= 15 is 0 Å². The molecule has 4 rings (SSSR count). The Hall–Kier alpha value is -2.75. The normalized spacial score (nSPS) is 13.9. The molecule has 0 fully saturated rings. The van der Waals surface area contributed by atoms with Gasteiger partial charge in [0.15, 0.2) is 5.65 Å². The van der Waals surface area contributed by atoms with Crippen molar-refractivity contribution in [3.63, 3.8) is 0 Å². The first-order valence-corrected chi connectivity index (χ1v) is 7.39. The molecule has 0 aliphatic carbocycles. The monoisotopic (exact) mass is 289 g/mol. The molecule has 108 valence electrons. The Kier molecular flexibility index (Phi) is 3.07. The molecule has 1 aliphatic rings. The van der Waals surface area contributed by atoms with Crippen LogP contribution in [0.1, 0.15) is 21.6 Å². The first-order valence-electron chi connectivity index (χ1n) is 7.39. The Morgan fingerprint density at radius 1 is 1.09 bits per heavy atom. The van der Waals surface area contributed by atoms with Gasteiger partial charge in [-0.1, -0.05) is 18.2 Å². The Labute approximate surface area is 128 Å². The van der Waals surface area contributed by atoms with E-state index in [1.165, 1.54) is 0 Å². The van der Waals surface area contributed by atoms with Crippen molar-refractivity contribution < 1.29 is 4.79 Å². The lowest BCUT2D eigenvalue weighted by Gasteiger charge is -2.28. The van der Waals surface area contributed by atoms with Gasteiger partial charge in [-0.3, -0.25) is 4.79 Å². The second kappa shape index (κ2) is 5.22. The fraction of sp³-hybridized carbons (Fsp3) is 0.167. The van der Waals surface area contributed by atoms with Crippen molar-refractivity contribution in [2.45, 2.75) is 13.0 Å². The van der Waals surface area contributed by atoms with E-state index in [0.29, 0.717) is 13.1 Å². The SMILES string of the molecule is O=C(c1ccccc1)N1CCc2nc3ncccc3cc2C1. The van der Waals surface area contributed by atoms with Crippen molar-refractivity contribution >= 4 is 16.9 Å². The van der Waals surface area contributed by atoms with Gasteiger partial charge in [-0.2, -0.15) is 0 Å². The molecule has 2 aromatic heterocycles. The van der Waals surface area contributed by atoms with Crippen LogP contribution in [0.5, 0.6) is 0 Å². The standard InChI is InChI=1S/C18H15N3O/c22-18(13-5-2-1-3-6-13)21-10-8-16-15(12-21)11-14-7-4-9-19-17(14)20-16/h1-7,9,11H,8,10,12H2. The first-order chi connectivity index (χ1) is 10.8. The Morgan fingerprint density at radius 3 is 2.82 bits per heavy atom. The van der Waals surface area contributed by atoms with Gasteiger partial charge in [-0.15, -0.1) is 0 Å². The van der Waals surface area contributed by atoms with E-state index in [1.807, 2.05) is 47.4 Å². The maximum Gasteiger partial charge on any atom is 0.254 e. The predicted octanol–water partition coefficient (Wildman–Crippen LogP) is 2.83. The van der Waals surface area contributed by atoms with E-state index in [0.717, 1.165) is 34.3 Å². The van der Waals surface area contributed by atoms with Crippen molar-refractivity contribution in [2.75, 3.05) is 6.54 Å². The smallest absolute Gasteiger partial charge is 0.254 e. The Morgan fingerprint density at radius 2 is 1.95 bits per heavy atom. The van der Waals surface area contributed by atoms with Crippen LogP contribution in [-0.2, 0) is 13.0 Å². The van der Waals surface area contributed by atoms with Gasteiger partial charge in [0, 0.05) is 42.4 Å². The number of nitrogens with zero attached hydrogens (tertiary/aromatic N) is 3. The van der Waals surface area contributed by atoms with Crippen molar-refractivity contribution in [3.8, 4) is 0 Å². The lowest BCUT2D eigenvalue weighted by atomic mass is 10.0. The van der Waals surface area contributed by atoms with Gasteiger partial charge in [0.05, 0.1) is 0 Å². The highest BCUT2D eigenvalue weighted by Crippen LogP contribution is 2.22. The van der Waals surface area contributed by atoms with Gasteiger partial charge < -0.3 is 4.90 Å². The van der Waals surface area contributed by atoms with Crippen molar-refractivity contribution in [3.05, 3.63) is 71.5 Å². The molecule has 1 amide bonds. The molecule has 0 spiro atoms. The molecule has 3 aromatic rings. The molecule has 0 N–H and O–H groups in total. The third-order valence-electron chi connectivity index (χ3n) is 4.05. The molecule has 0 saturated carbocycles. The zero-order valence-electron chi connectivity index (χ0n) is 12.1. The molecule has 4 nitrogen and oxygen atoms in total. The lowest BCUT2D eigenvalue weighted by Crippen LogP contribution is -2.36. The Bertz CT molecular complexity index is 845. The Balaban J connectivity index is 1.66. The van der Waals surface area contributed by atoms with Crippen LogP contribution in [0.2, 0.25) is 0 Å². The summed E-state index contributed by atoms with van der Waals surface area (Å²) < 4.78 is 0. The van der Waals surface area contributed by atoms with Gasteiger partial charge in [-0.25, -0.2) is 9.97 Å². The second-order valence-corrected chi connectivity index (χ2v) is 5.49. The molecule has 0 bridgehead atoms. The van der Waals surface area contributed by atoms with E-state index in [2.05, 4.69) is 16.0 Å². The highest BCUT2D eigenvalue weighted by Gasteiger charge is 2.23. The van der Waals surface area contributed by atoms with Crippen molar-refractivity contribution in [1.29, 1.82) is 0 Å². The molecule has 0 unspecified atom stereocenters. The minimum Gasteiger partial charge on any atom is -0.334 e. The lowest BCUT2D eigenvalue weighted by molar-refractivity contribution is 0.0733. The van der Waals surface area contributed by atoms with Crippen LogP contribution in [0.4, 0.5) is 0 Å². The predicted molar refractivity (Wildman–Crippen MR) is 84.4 cm³/mol. The third-order valence-corrected chi connectivity index (χ3v) is 4.05. The molecule has 0 saturated heterocycles. The summed E-state index contributed by atoms with van der Waals surface area (Å²) >= 11 is 0. The molecule has 0 radical (unpaired) electrons. The van der Waals surface area contributed by atoms with Crippen LogP contribution in [0, 0.1) is 0 Å². The molecular weight excluding hydrogens is 274 g/mol. The van der Waals surface area contributed by atoms with E-state index in [1.54, 1.807) is 6.20 Å². The van der Waals surface area contributed by atoms with Crippen molar-refractivity contribution in [1.82, 2.24) is 14.9 Å². The summed E-state index contributed by atoms with van der Waals surface area (Å²) in [5, 5.41) is 1.02. The zero-order valence-corrected chi connectivity index (χ0v) is 12.1. The number of carbonyl (C=O) groups is 1. The molecule has 3 heterocycles. The first kappa shape index (κ1) is 13.0. The molecule has 1 aliphatic heterocycles. The third kappa shape index (κ3) is 2.22. The minimum absolute atomic E-state index is 0.0810. The average molecular weight is 289 g/mol. The number of carbonyl (C=O) groups excluding carboxylic acids is 1. The molecular formula is C18H15N3O. The number of rotatable bonds is 1. The van der Waals surface area contributed by atoms with Gasteiger partial charge in [0.1, 0.15) is 0 Å². The fourth-order valence-corrected chi connectivity index (χ4v) is 2.90. The number of fused-ring (bicyclic) bond motifs is 2. The number of hydrogen-bond donors (Lipinski definition) is 0.